The quantitative estimate of drug-likeness (QED) is 0.639. The Hall–Kier alpha value is -2.22. The zero-order valence-electron chi connectivity index (χ0n) is 13.8. The van der Waals surface area contributed by atoms with E-state index < -0.39 is 6.61 Å². The first-order valence-corrected chi connectivity index (χ1v) is 8.16. The van der Waals surface area contributed by atoms with Crippen LogP contribution in [0.4, 0.5) is 8.78 Å². The number of alkyl halides is 2. The van der Waals surface area contributed by atoms with Gasteiger partial charge in [-0.2, -0.15) is 8.78 Å². The maximum Gasteiger partial charge on any atom is 0.387 e. The summed E-state index contributed by atoms with van der Waals surface area (Å²) in [6.07, 6.45) is 1.85. The highest BCUT2D eigenvalue weighted by molar-refractivity contribution is 7.11. The summed E-state index contributed by atoms with van der Waals surface area (Å²) in [4.78, 5) is 11.6. The van der Waals surface area contributed by atoms with Crippen molar-refractivity contribution in [2.24, 2.45) is 4.99 Å². The van der Waals surface area contributed by atoms with Crippen LogP contribution in [0.2, 0.25) is 0 Å². The standard InChI is InChI=1S/C16H20F2N4OS/c1-11-20-8-14(24-11)9-21-16(19-2)22(3)10-12-4-6-13(7-5-12)23-15(17)18/h4-8,15H,9-10H2,1-3H3,(H,19,21). The Morgan fingerprint density at radius 2 is 2.08 bits per heavy atom. The summed E-state index contributed by atoms with van der Waals surface area (Å²) in [7, 11) is 3.63. The fraction of sp³-hybridized carbons (Fsp3) is 0.375. The second-order valence-corrected chi connectivity index (χ2v) is 6.44. The number of nitrogens with zero attached hydrogens (tertiary/aromatic N) is 3. The summed E-state index contributed by atoms with van der Waals surface area (Å²) in [5, 5.41) is 4.31. The number of guanidine groups is 1. The van der Waals surface area contributed by atoms with Crippen LogP contribution >= 0.6 is 11.3 Å². The van der Waals surface area contributed by atoms with Gasteiger partial charge in [0.1, 0.15) is 5.75 Å². The number of aromatic nitrogens is 1. The number of aliphatic imine (C=N–C) groups is 1. The lowest BCUT2D eigenvalue weighted by Crippen LogP contribution is -2.37. The third-order valence-corrected chi connectivity index (χ3v) is 4.14. The largest absolute Gasteiger partial charge is 0.435 e. The van der Waals surface area contributed by atoms with Gasteiger partial charge in [-0.25, -0.2) is 4.98 Å². The molecule has 0 spiro atoms. The van der Waals surface area contributed by atoms with Gasteiger partial charge >= 0.3 is 6.61 Å². The lowest BCUT2D eigenvalue weighted by molar-refractivity contribution is -0.0498. The number of halogens is 2. The second-order valence-electron chi connectivity index (χ2n) is 5.12. The van der Waals surface area contributed by atoms with Gasteiger partial charge in [0.25, 0.3) is 0 Å². The molecule has 0 saturated carbocycles. The molecule has 1 N–H and O–H groups in total. The summed E-state index contributed by atoms with van der Waals surface area (Å²) < 4.78 is 28.6. The fourth-order valence-corrected chi connectivity index (χ4v) is 2.90. The average Bonchev–Trinajstić information content (AvgIpc) is 2.95. The van der Waals surface area contributed by atoms with Crippen LogP contribution in [0.1, 0.15) is 15.4 Å². The van der Waals surface area contributed by atoms with Crippen molar-refractivity contribution >= 4 is 17.3 Å². The smallest absolute Gasteiger partial charge is 0.387 e. The normalized spacial score (nSPS) is 11.7. The van der Waals surface area contributed by atoms with Crippen molar-refractivity contribution in [3.8, 4) is 5.75 Å². The molecule has 0 saturated heterocycles. The molecule has 0 fully saturated rings. The van der Waals surface area contributed by atoms with E-state index in [4.69, 9.17) is 0 Å². The number of aryl methyl sites for hydroxylation is 1. The van der Waals surface area contributed by atoms with E-state index in [0.717, 1.165) is 21.4 Å². The lowest BCUT2D eigenvalue weighted by atomic mass is 10.2. The van der Waals surface area contributed by atoms with Gasteiger partial charge in [-0.05, 0) is 24.6 Å². The summed E-state index contributed by atoms with van der Waals surface area (Å²) in [6.45, 7) is 0.410. The molecule has 0 aliphatic heterocycles. The Balaban J connectivity index is 1.90. The third kappa shape index (κ3) is 5.45. The van der Waals surface area contributed by atoms with Gasteiger partial charge in [-0.15, -0.1) is 11.3 Å². The maximum atomic E-state index is 12.2. The van der Waals surface area contributed by atoms with E-state index >= 15 is 0 Å². The zero-order valence-corrected chi connectivity index (χ0v) is 14.6. The molecular weight excluding hydrogens is 334 g/mol. The van der Waals surface area contributed by atoms with Crippen molar-refractivity contribution < 1.29 is 13.5 Å². The number of rotatable bonds is 6. The van der Waals surface area contributed by atoms with E-state index in [2.05, 4.69) is 20.0 Å². The van der Waals surface area contributed by atoms with Gasteiger partial charge in [0.2, 0.25) is 0 Å². The Kier molecular flexibility index (Phi) is 6.48. The topological polar surface area (TPSA) is 49.8 Å². The molecule has 0 atom stereocenters. The second kappa shape index (κ2) is 8.58. The van der Waals surface area contributed by atoms with Crippen molar-refractivity contribution in [3.63, 3.8) is 0 Å². The van der Waals surface area contributed by atoms with Crippen LogP contribution in [0.5, 0.6) is 5.75 Å². The minimum atomic E-state index is -2.81. The van der Waals surface area contributed by atoms with Crippen LogP contribution in [0.15, 0.2) is 35.5 Å². The summed E-state index contributed by atoms with van der Waals surface area (Å²) in [5.74, 6) is 0.897. The highest BCUT2D eigenvalue weighted by Crippen LogP contribution is 2.16. The van der Waals surface area contributed by atoms with Gasteiger partial charge in [0, 0.05) is 31.7 Å². The van der Waals surface area contributed by atoms with Crippen LogP contribution in [-0.4, -0.2) is 36.6 Å². The molecule has 0 aliphatic carbocycles. The fourth-order valence-electron chi connectivity index (χ4n) is 2.16. The number of hydrogen-bond donors (Lipinski definition) is 1. The Bertz CT molecular complexity index is 673. The van der Waals surface area contributed by atoms with Crippen molar-refractivity contribution in [2.75, 3.05) is 14.1 Å². The Labute approximate surface area is 144 Å². The first-order chi connectivity index (χ1) is 11.5. The molecule has 1 aromatic heterocycles. The molecule has 0 aliphatic rings. The number of hydrogen-bond acceptors (Lipinski definition) is 4. The van der Waals surface area contributed by atoms with E-state index in [1.807, 2.05) is 25.1 Å². The van der Waals surface area contributed by atoms with Crippen LogP contribution in [0, 0.1) is 6.92 Å². The minimum absolute atomic E-state index is 0.152. The molecule has 5 nitrogen and oxygen atoms in total. The number of nitrogens with one attached hydrogen (secondary N) is 1. The first kappa shape index (κ1) is 18.1. The van der Waals surface area contributed by atoms with E-state index in [9.17, 15) is 8.78 Å². The van der Waals surface area contributed by atoms with Crippen LogP contribution in [-0.2, 0) is 13.1 Å². The van der Waals surface area contributed by atoms with E-state index in [1.54, 1.807) is 30.5 Å². The van der Waals surface area contributed by atoms with Gasteiger partial charge in [-0.1, -0.05) is 12.1 Å². The van der Waals surface area contributed by atoms with E-state index in [-0.39, 0.29) is 5.75 Å². The van der Waals surface area contributed by atoms with Crippen LogP contribution in [0.3, 0.4) is 0 Å². The van der Waals surface area contributed by atoms with Crippen molar-refractivity contribution in [1.82, 2.24) is 15.2 Å². The van der Waals surface area contributed by atoms with E-state index in [0.29, 0.717) is 13.1 Å². The van der Waals surface area contributed by atoms with Crippen LogP contribution in [0.25, 0.3) is 0 Å². The van der Waals surface area contributed by atoms with Crippen molar-refractivity contribution in [3.05, 3.63) is 45.9 Å². The highest BCUT2D eigenvalue weighted by atomic mass is 32.1. The Morgan fingerprint density at radius 3 is 2.62 bits per heavy atom. The SMILES string of the molecule is CN=C(NCc1cnc(C)s1)N(C)Cc1ccc(OC(F)F)cc1. The molecule has 0 bridgehead atoms. The predicted molar refractivity (Wildman–Crippen MR) is 91.6 cm³/mol. The molecule has 130 valence electrons. The number of benzene rings is 1. The maximum absolute atomic E-state index is 12.2. The highest BCUT2D eigenvalue weighted by Gasteiger charge is 2.09. The van der Waals surface area contributed by atoms with Crippen molar-refractivity contribution in [1.29, 1.82) is 0 Å². The van der Waals surface area contributed by atoms with Gasteiger partial charge in [-0.3, -0.25) is 4.99 Å². The average molecular weight is 354 g/mol. The molecule has 0 unspecified atom stereocenters. The lowest BCUT2D eigenvalue weighted by Gasteiger charge is -2.22. The van der Waals surface area contributed by atoms with Crippen LogP contribution < -0.4 is 10.1 Å². The van der Waals surface area contributed by atoms with Gasteiger partial charge in [0.15, 0.2) is 5.96 Å². The summed E-state index contributed by atoms with van der Waals surface area (Å²) in [6, 6.07) is 6.58. The molecule has 1 aromatic carbocycles. The molecule has 0 amide bonds. The molecule has 2 aromatic rings. The van der Waals surface area contributed by atoms with Crippen molar-refractivity contribution in [2.45, 2.75) is 26.6 Å². The molecule has 1 heterocycles. The minimum Gasteiger partial charge on any atom is -0.435 e. The molecule has 0 radical (unpaired) electrons. The zero-order chi connectivity index (χ0) is 17.5. The van der Waals surface area contributed by atoms with Gasteiger partial charge < -0.3 is 15.0 Å². The predicted octanol–water partition coefficient (Wildman–Crippen LogP) is 3.26. The third-order valence-electron chi connectivity index (χ3n) is 3.23. The summed E-state index contributed by atoms with van der Waals surface area (Å²) in [5.41, 5.74) is 0.968. The molecule has 24 heavy (non-hydrogen) atoms. The molecular formula is C16H20F2N4OS. The van der Waals surface area contributed by atoms with E-state index in [1.165, 1.54) is 12.1 Å². The molecule has 2 rings (SSSR count). The monoisotopic (exact) mass is 354 g/mol. The first-order valence-electron chi connectivity index (χ1n) is 7.34. The number of ether oxygens (including phenoxy) is 1. The summed E-state index contributed by atoms with van der Waals surface area (Å²) >= 11 is 1.64. The van der Waals surface area contributed by atoms with Gasteiger partial charge in [0.05, 0.1) is 11.6 Å². The number of thiazole rings is 1. The Morgan fingerprint density at radius 1 is 1.38 bits per heavy atom. The molecule has 8 heteroatoms.